The van der Waals surface area contributed by atoms with Gasteiger partial charge < -0.3 is 14.8 Å². The second-order valence-electron chi connectivity index (χ2n) is 8.56. The number of amides is 1. The number of piperidine rings is 1. The van der Waals surface area contributed by atoms with E-state index in [1.54, 1.807) is 0 Å². The Morgan fingerprint density at radius 3 is 2.43 bits per heavy atom. The molecule has 28 heavy (non-hydrogen) atoms. The molecule has 4 rings (SSSR count). The highest BCUT2D eigenvalue weighted by atomic mass is 16.5. The molecule has 1 saturated carbocycles. The van der Waals surface area contributed by atoms with E-state index in [-0.39, 0.29) is 17.6 Å². The Kier molecular flexibility index (Phi) is 6.53. The van der Waals surface area contributed by atoms with Crippen LogP contribution in [-0.4, -0.2) is 48.8 Å². The maximum atomic E-state index is 13.4. The van der Waals surface area contributed by atoms with Crippen molar-refractivity contribution in [1.29, 1.82) is 0 Å². The molecule has 5 nitrogen and oxygen atoms in total. The van der Waals surface area contributed by atoms with Crippen molar-refractivity contribution in [3.63, 3.8) is 0 Å². The van der Waals surface area contributed by atoms with E-state index in [0.717, 1.165) is 69.7 Å². The predicted molar refractivity (Wildman–Crippen MR) is 111 cm³/mol. The van der Waals surface area contributed by atoms with Crippen LogP contribution < -0.4 is 10.1 Å². The van der Waals surface area contributed by atoms with Crippen LogP contribution >= 0.6 is 0 Å². The Bertz CT molecular complexity index is 628. The number of rotatable bonds is 6. The summed E-state index contributed by atoms with van der Waals surface area (Å²) in [6, 6.07) is 7.79. The molecule has 1 aromatic carbocycles. The Morgan fingerprint density at radius 2 is 1.75 bits per heavy atom. The van der Waals surface area contributed by atoms with Crippen LogP contribution in [0.1, 0.15) is 64.2 Å². The number of carbonyl (C=O) groups excluding carboxylic acids is 1. The molecule has 0 aromatic heterocycles. The zero-order chi connectivity index (χ0) is 19.2. The Balaban J connectivity index is 1.37. The van der Waals surface area contributed by atoms with Gasteiger partial charge in [-0.1, -0.05) is 25.7 Å². The summed E-state index contributed by atoms with van der Waals surface area (Å²) < 4.78 is 11.4. The van der Waals surface area contributed by atoms with Crippen molar-refractivity contribution in [2.45, 2.75) is 75.9 Å². The van der Waals surface area contributed by atoms with E-state index < -0.39 is 0 Å². The molecule has 154 valence electrons. The number of likely N-dealkylation sites (tertiary alicyclic amines) is 1. The molecule has 0 radical (unpaired) electrons. The maximum absolute atomic E-state index is 13.4. The van der Waals surface area contributed by atoms with Crippen LogP contribution in [0.3, 0.4) is 0 Å². The van der Waals surface area contributed by atoms with Gasteiger partial charge in [0.1, 0.15) is 17.9 Å². The molecule has 2 aliphatic heterocycles. The third-order valence-corrected chi connectivity index (χ3v) is 6.64. The van der Waals surface area contributed by atoms with Crippen LogP contribution in [0.15, 0.2) is 24.3 Å². The van der Waals surface area contributed by atoms with Gasteiger partial charge in [-0.15, -0.1) is 0 Å². The molecule has 2 saturated heterocycles. The van der Waals surface area contributed by atoms with E-state index >= 15 is 0 Å². The zero-order valence-electron chi connectivity index (χ0n) is 17.0. The summed E-state index contributed by atoms with van der Waals surface area (Å²) >= 11 is 0. The zero-order valence-corrected chi connectivity index (χ0v) is 17.0. The van der Waals surface area contributed by atoms with Crippen LogP contribution in [0.2, 0.25) is 0 Å². The molecule has 5 heteroatoms. The lowest BCUT2D eigenvalue weighted by Crippen LogP contribution is -2.59. The topological polar surface area (TPSA) is 50.8 Å². The largest absolute Gasteiger partial charge is 0.491 e. The van der Waals surface area contributed by atoms with Crippen molar-refractivity contribution in [3.8, 4) is 5.75 Å². The fourth-order valence-corrected chi connectivity index (χ4v) is 4.99. The third kappa shape index (κ3) is 4.52. The van der Waals surface area contributed by atoms with Gasteiger partial charge in [0.2, 0.25) is 5.91 Å². The normalized spacial score (nSPS) is 25.4. The van der Waals surface area contributed by atoms with E-state index in [9.17, 15) is 4.79 Å². The Morgan fingerprint density at radius 1 is 1.04 bits per heavy atom. The fourth-order valence-electron chi connectivity index (χ4n) is 4.99. The summed E-state index contributed by atoms with van der Waals surface area (Å²) in [7, 11) is 0. The van der Waals surface area contributed by atoms with Crippen LogP contribution in [0.25, 0.3) is 0 Å². The smallest absolute Gasteiger partial charge is 0.244 e. The molecule has 0 bridgehead atoms. The first-order valence-corrected chi connectivity index (χ1v) is 11.2. The molecule has 1 amide bonds. The third-order valence-electron chi connectivity index (χ3n) is 6.64. The van der Waals surface area contributed by atoms with Crippen molar-refractivity contribution in [2.24, 2.45) is 0 Å². The summed E-state index contributed by atoms with van der Waals surface area (Å²) in [4.78, 5) is 15.8. The number of benzene rings is 1. The van der Waals surface area contributed by atoms with Crippen molar-refractivity contribution >= 4 is 11.6 Å². The van der Waals surface area contributed by atoms with Gasteiger partial charge in [0, 0.05) is 12.3 Å². The number of anilines is 1. The van der Waals surface area contributed by atoms with Gasteiger partial charge in [0.15, 0.2) is 0 Å². The molecule has 1 N–H and O–H groups in total. The number of ether oxygens (including phenoxy) is 2. The molecule has 2 heterocycles. The maximum Gasteiger partial charge on any atom is 0.244 e. The van der Waals surface area contributed by atoms with E-state index in [0.29, 0.717) is 6.61 Å². The van der Waals surface area contributed by atoms with Gasteiger partial charge in [0.05, 0.1) is 6.10 Å². The summed E-state index contributed by atoms with van der Waals surface area (Å²) in [5, 5.41) is 3.21. The van der Waals surface area contributed by atoms with Crippen molar-refractivity contribution in [2.75, 3.05) is 31.6 Å². The first-order valence-electron chi connectivity index (χ1n) is 11.2. The first-order chi connectivity index (χ1) is 13.8. The van der Waals surface area contributed by atoms with Gasteiger partial charge in [-0.2, -0.15) is 0 Å². The summed E-state index contributed by atoms with van der Waals surface area (Å²) in [5.41, 5.74) is 0.546. The van der Waals surface area contributed by atoms with E-state index in [1.807, 2.05) is 24.3 Å². The van der Waals surface area contributed by atoms with Crippen LogP contribution in [0, 0.1) is 0 Å². The molecular formula is C23H34N2O3. The van der Waals surface area contributed by atoms with Crippen molar-refractivity contribution < 1.29 is 14.3 Å². The second kappa shape index (κ2) is 9.27. The second-order valence-corrected chi connectivity index (χ2v) is 8.56. The fraction of sp³-hybridized carbons (Fsp3) is 0.696. The first kappa shape index (κ1) is 19.7. The van der Waals surface area contributed by atoms with E-state index in [2.05, 4.69) is 10.2 Å². The van der Waals surface area contributed by atoms with Gasteiger partial charge in [-0.05, 0) is 75.9 Å². The average molecular weight is 387 g/mol. The molecule has 0 spiro atoms. The van der Waals surface area contributed by atoms with Crippen molar-refractivity contribution in [1.82, 2.24) is 4.90 Å². The lowest BCUT2D eigenvalue weighted by atomic mass is 9.78. The Labute approximate surface area is 168 Å². The molecular weight excluding hydrogens is 352 g/mol. The number of hydrogen-bond donors (Lipinski definition) is 1. The lowest BCUT2D eigenvalue weighted by Gasteiger charge is -2.46. The number of nitrogens with one attached hydrogen (secondary N) is 1. The molecule has 3 aliphatic rings. The van der Waals surface area contributed by atoms with Gasteiger partial charge >= 0.3 is 0 Å². The quantitative estimate of drug-likeness (QED) is 0.789. The van der Waals surface area contributed by atoms with E-state index in [4.69, 9.17) is 9.47 Å². The molecule has 1 aliphatic carbocycles. The van der Waals surface area contributed by atoms with Gasteiger partial charge in [0.25, 0.3) is 0 Å². The summed E-state index contributed by atoms with van der Waals surface area (Å²) in [5.74, 6) is 1.01. The monoisotopic (exact) mass is 386 g/mol. The molecule has 3 fully saturated rings. The predicted octanol–water partition coefficient (Wildman–Crippen LogP) is 4.37. The standard InChI is InChI=1S/C23H34N2O3/c26-22(23(13-3-1-4-14-23)25-15-5-2-6-16-25)24-19-9-11-20(12-10-19)28-18-21-8-7-17-27-21/h9-12,21H,1-8,13-18H2,(H,24,26). The minimum Gasteiger partial charge on any atom is -0.491 e. The van der Waals surface area contributed by atoms with Crippen LogP contribution in [0.5, 0.6) is 5.75 Å². The lowest BCUT2D eigenvalue weighted by molar-refractivity contribution is -0.131. The van der Waals surface area contributed by atoms with Crippen LogP contribution in [0.4, 0.5) is 5.69 Å². The molecule has 1 unspecified atom stereocenters. The number of nitrogens with zero attached hydrogens (tertiary/aromatic N) is 1. The highest BCUT2D eigenvalue weighted by Crippen LogP contribution is 2.36. The molecule has 1 atom stereocenters. The van der Waals surface area contributed by atoms with E-state index in [1.165, 1.54) is 25.7 Å². The highest BCUT2D eigenvalue weighted by Gasteiger charge is 2.44. The summed E-state index contributed by atoms with van der Waals surface area (Å²) in [6.45, 7) is 3.56. The van der Waals surface area contributed by atoms with Crippen LogP contribution in [-0.2, 0) is 9.53 Å². The SMILES string of the molecule is O=C(Nc1ccc(OCC2CCCO2)cc1)C1(N2CCCCC2)CCCCC1. The Hall–Kier alpha value is -1.59. The number of carbonyl (C=O) groups is 1. The highest BCUT2D eigenvalue weighted by molar-refractivity contribution is 5.98. The van der Waals surface area contributed by atoms with Gasteiger partial charge in [-0.3, -0.25) is 9.69 Å². The average Bonchev–Trinajstić information content (AvgIpc) is 3.28. The van der Waals surface area contributed by atoms with Crippen molar-refractivity contribution in [3.05, 3.63) is 24.3 Å². The minimum absolute atomic E-state index is 0.183. The van der Waals surface area contributed by atoms with Gasteiger partial charge in [-0.25, -0.2) is 0 Å². The summed E-state index contributed by atoms with van der Waals surface area (Å²) in [6.07, 6.45) is 11.7. The number of hydrogen-bond acceptors (Lipinski definition) is 4. The molecule has 1 aromatic rings. The minimum atomic E-state index is -0.312.